The van der Waals surface area contributed by atoms with E-state index >= 15 is 0 Å². The Morgan fingerprint density at radius 3 is 2.78 bits per heavy atom. The Balaban J connectivity index is 0.00000192. The van der Waals surface area contributed by atoms with Crippen molar-refractivity contribution in [3.63, 3.8) is 0 Å². The Bertz CT molecular complexity index is 516. The minimum atomic E-state index is 0. The van der Waals surface area contributed by atoms with Gasteiger partial charge in [0.15, 0.2) is 0 Å². The monoisotopic (exact) mass is 340 g/mol. The van der Waals surface area contributed by atoms with Gasteiger partial charge in [0.25, 0.3) is 0 Å². The van der Waals surface area contributed by atoms with Crippen LogP contribution in [-0.2, 0) is 16.1 Å². The lowest BCUT2D eigenvalue weighted by atomic mass is 10.0. The highest BCUT2D eigenvalue weighted by atomic mass is 35.5. The first-order chi connectivity index (χ1) is 10.8. The van der Waals surface area contributed by atoms with E-state index < -0.39 is 0 Å². The zero-order valence-corrected chi connectivity index (χ0v) is 14.3. The van der Waals surface area contributed by atoms with Crippen molar-refractivity contribution in [1.82, 2.24) is 10.2 Å². The zero-order chi connectivity index (χ0) is 15.4. The molecular weight excluding hydrogens is 316 g/mol. The van der Waals surface area contributed by atoms with Gasteiger partial charge < -0.3 is 19.7 Å². The van der Waals surface area contributed by atoms with Crippen molar-refractivity contribution in [2.45, 2.75) is 25.5 Å². The number of nitrogens with one attached hydrogen (secondary N) is 1. The maximum atomic E-state index is 12.7. The number of carbonyl (C=O) groups excluding carboxylic acids is 1. The van der Waals surface area contributed by atoms with Crippen LogP contribution in [0.2, 0.25) is 0 Å². The largest absolute Gasteiger partial charge is 0.496 e. The van der Waals surface area contributed by atoms with Crippen LogP contribution in [0, 0.1) is 5.92 Å². The fraction of sp³-hybridized carbons (Fsp3) is 0.588. The first kappa shape index (κ1) is 18.0. The number of hydrogen-bond acceptors (Lipinski definition) is 4. The number of amides is 1. The molecule has 1 aromatic rings. The fourth-order valence-corrected chi connectivity index (χ4v) is 3.03. The Morgan fingerprint density at radius 1 is 1.39 bits per heavy atom. The van der Waals surface area contributed by atoms with Crippen molar-refractivity contribution >= 4 is 18.3 Å². The summed E-state index contributed by atoms with van der Waals surface area (Å²) in [5, 5.41) is 3.17. The van der Waals surface area contributed by atoms with Crippen molar-refractivity contribution in [3.8, 4) is 5.75 Å². The van der Waals surface area contributed by atoms with Crippen LogP contribution < -0.4 is 10.1 Å². The Morgan fingerprint density at radius 2 is 2.17 bits per heavy atom. The second-order valence-corrected chi connectivity index (χ2v) is 6.02. The maximum absolute atomic E-state index is 12.7. The van der Waals surface area contributed by atoms with Crippen LogP contribution in [0.1, 0.15) is 18.4 Å². The SMILES string of the molecule is COc1ccccc1CN(CC1CCCO1)C(=O)C1CNC1.Cl. The third-order valence-electron chi connectivity index (χ3n) is 4.44. The fourth-order valence-electron chi connectivity index (χ4n) is 3.03. The predicted octanol–water partition coefficient (Wildman–Crippen LogP) is 1.84. The number of rotatable bonds is 6. The third-order valence-corrected chi connectivity index (χ3v) is 4.44. The molecule has 0 radical (unpaired) electrons. The third kappa shape index (κ3) is 4.37. The summed E-state index contributed by atoms with van der Waals surface area (Å²) in [4.78, 5) is 14.7. The normalized spacial score (nSPS) is 20.5. The van der Waals surface area contributed by atoms with E-state index in [2.05, 4.69) is 5.32 Å². The van der Waals surface area contributed by atoms with Crippen LogP contribution in [0.15, 0.2) is 24.3 Å². The van der Waals surface area contributed by atoms with Crippen molar-refractivity contribution in [2.75, 3.05) is 33.4 Å². The molecule has 2 heterocycles. The van der Waals surface area contributed by atoms with Crippen LogP contribution in [0.25, 0.3) is 0 Å². The molecule has 2 fully saturated rings. The Labute approximate surface area is 143 Å². The highest BCUT2D eigenvalue weighted by Gasteiger charge is 2.31. The summed E-state index contributed by atoms with van der Waals surface area (Å²) in [6.45, 7) is 3.64. The molecule has 5 nitrogen and oxygen atoms in total. The van der Waals surface area contributed by atoms with Crippen LogP contribution in [-0.4, -0.2) is 50.3 Å². The summed E-state index contributed by atoms with van der Waals surface area (Å²) in [5.74, 6) is 1.16. The van der Waals surface area contributed by atoms with Gasteiger partial charge in [-0.1, -0.05) is 18.2 Å². The first-order valence-electron chi connectivity index (χ1n) is 8.01. The average Bonchev–Trinajstić information content (AvgIpc) is 2.98. The van der Waals surface area contributed by atoms with Crippen molar-refractivity contribution in [1.29, 1.82) is 0 Å². The molecule has 1 unspecified atom stereocenters. The van der Waals surface area contributed by atoms with E-state index in [-0.39, 0.29) is 30.3 Å². The van der Waals surface area contributed by atoms with Crippen molar-refractivity contribution in [2.24, 2.45) is 5.92 Å². The lowest BCUT2D eigenvalue weighted by Crippen LogP contribution is -2.53. The van der Waals surface area contributed by atoms with Gasteiger partial charge in [-0.15, -0.1) is 12.4 Å². The van der Waals surface area contributed by atoms with Crippen molar-refractivity contribution < 1.29 is 14.3 Å². The highest BCUT2D eigenvalue weighted by molar-refractivity contribution is 5.85. The molecule has 2 saturated heterocycles. The van der Waals surface area contributed by atoms with Crippen LogP contribution in [0.3, 0.4) is 0 Å². The van der Waals surface area contributed by atoms with E-state index in [9.17, 15) is 4.79 Å². The number of nitrogens with zero attached hydrogens (tertiary/aromatic N) is 1. The van der Waals surface area contributed by atoms with Gasteiger partial charge in [0, 0.05) is 38.3 Å². The molecular formula is C17H25ClN2O3. The molecule has 1 atom stereocenters. The summed E-state index contributed by atoms with van der Waals surface area (Å²) in [5.41, 5.74) is 1.05. The molecule has 0 aliphatic carbocycles. The molecule has 1 amide bonds. The summed E-state index contributed by atoms with van der Waals surface area (Å²) in [7, 11) is 1.67. The summed E-state index contributed by atoms with van der Waals surface area (Å²) < 4.78 is 11.1. The van der Waals surface area contributed by atoms with E-state index in [1.165, 1.54) is 0 Å². The maximum Gasteiger partial charge on any atom is 0.228 e. The van der Waals surface area contributed by atoms with Gasteiger partial charge in [0.2, 0.25) is 5.91 Å². The molecule has 0 aromatic heterocycles. The van der Waals surface area contributed by atoms with Crippen LogP contribution in [0.5, 0.6) is 5.75 Å². The molecule has 23 heavy (non-hydrogen) atoms. The topological polar surface area (TPSA) is 50.8 Å². The van der Waals surface area contributed by atoms with E-state index in [0.717, 1.165) is 43.9 Å². The van der Waals surface area contributed by atoms with Gasteiger partial charge in [0.1, 0.15) is 5.75 Å². The standard InChI is InChI=1S/C17H24N2O3.ClH/c1-21-16-7-3-2-5-13(16)11-19(12-15-6-4-8-22-15)17(20)14-9-18-10-14;/h2-3,5,7,14-15,18H,4,6,8-12H2,1H3;1H. The second kappa shape index (κ2) is 8.52. The van der Waals surface area contributed by atoms with Crippen molar-refractivity contribution in [3.05, 3.63) is 29.8 Å². The number of benzene rings is 1. The lowest BCUT2D eigenvalue weighted by molar-refractivity contribution is -0.139. The predicted molar refractivity (Wildman–Crippen MR) is 91.0 cm³/mol. The molecule has 1 aromatic carbocycles. The van der Waals surface area contributed by atoms with E-state index in [0.29, 0.717) is 13.1 Å². The summed E-state index contributed by atoms with van der Waals surface area (Å²) in [6.07, 6.45) is 2.30. The second-order valence-electron chi connectivity index (χ2n) is 6.02. The lowest BCUT2D eigenvalue weighted by Gasteiger charge is -2.34. The number of carbonyl (C=O) groups is 1. The minimum absolute atomic E-state index is 0. The Kier molecular flexibility index (Phi) is 6.69. The molecule has 0 spiro atoms. The summed E-state index contributed by atoms with van der Waals surface area (Å²) >= 11 is 0. The van der Waals surface area contributed by atoms with Gasteiger partial charge >= 0.3 is 0 Å². The average molecular weight is 341 g/mol. The number of para-hydroxylation sites is 1. The molecule has 2 aliphatic heterocycles. The Hall–Kier alpha value is -1.30. The smallest absolute Gasteiger partial charge is 0.228 e. The molecule has 128 valence electrons. The highest BCUT2D eigenvalue weighted by Crippen LogP contribution is 2.23. The molecule has 1 N–H and O–H groups in total. The minimum Gasteiger partial charge on any atom is -0.496 e. The molecule has 0 bridgehead atoms. The van der Waals surface area contributed by atoms with Gasteiger partial charge in [-0.25, -0.2) is 0 Å². The van der Waals surface area contributed by atoms with E-state index in [4.69, 9.17) is 9.47 Å². The number of hydrogen-bond donors (Lipinski definition) is 1. The zero-order valence-electron chi connectivity index (χ0n) is 13.5. The van der Waals surface area contributed by atoms with E-state index in [1.54, 1.807) is 7.11 Å². The molecule has 3 rings (SSSR count). The quantitative estimate of drug-likeness (QED) is 0.858. The number of halogens is 1. The molecule has 2 aliphatic rings. The van der Waals surface area contributed by atoms with Gasteiger partial charge in [-0.2, -0.15) is 0 Å². The van der Waals surface area contributed by atoms with Gasteiger partial charge in [-0.3, -0.25) is 4.79 Å². The van der Waals surface area contributed by atoms with Gasteiger partial charge in [0.05, 0.1) is 19.1 Å². The number of methoxy groups -OCH3 is 1. The number of ether oxygens (including phenoxy) is 2. The van der Waals surface area contributed by atoms with Crippen LogP contribution in [0.4, 0.5) is 0 Å². The molecule has 6 heteroatoms. The van der Waals surface area contributed by atoms with Crippen LogP contribution >= 0.6 is 12.4 Å². The first-order valence-corrected chi connectivity index (χ1v) is 8.01. The van der Waals surface area contributed by atoms with E-state index in [1.807, 2.05) is 29.2 Å². The summed E-state index contributed by atoms with van der Waals surface area (Å²) in [6, 6.07) is 7.89. The van der Waals surface area contributed by atoms with Gasteiger partial charge in [-0.05, 0) is 18.9 Å². The molecule has 0 saturated carbocycles.